The van der Waals surface area contributed by atoms with Gasteiger partial charge in [0, 0.05) is 11.8 Å². The van der Waals surface area contributed by atoms with E-state index in [1.807, 2.05) is 12.1 Å². The normalized spacial score (nSPS) is 11.1. The first-order valence-corrected chi connectivity index (χ1v) is 9.91. The number of aromatic nitrogens is 5. The van der Waals surface area contributed by atoms with E-state index < -0.39 is 17.5 Å². The summed E-state index contributed by atoms with van der Waals surface area (Å²) in [6.07, 6.45) is 1.65. The second-order valence-corrected chi connectivity index (χ2v) is 7.14. The fourth-order valence-corrected chi connectivity index (χ4v) is 3.42. The van der Waals surface area contributed by atoms with Gasteiger partial charge in [-0.05, 0) is 48.5 Å². The van der Waals surface area contributed by atoms with Crippen molar-refractivity contribution < 1.29 is 13.2 Å². The highest BCUT2D eigenvalue weighted by molar-refractivity contribution is 5.99. The van der Waals surface area contributed by atoms with Gasteiger partial charge < -0.3 is 11.1 Å². The summed E-state index contributed by atoms with van der Waals surface area (Å²) in [6, 6.07) is 14.8. The van der Waals surface area contributed by atoms with E-state index in [1.54, 1.807) is 12.3 Å². The van der Waals surface area contributed by atoms with Crippen molar-refractivity contribution in [3.8, 4) is 16.9 Å². The molecule has 10 heteroatoms. The largest absolute Gasteiger partial charge is 0.383 e. The predicted octanol–water partition coefficient (Wildman–Crippen LogP) is 4.49. The van der Waals surface area contributed by atoms with Crippen molar-refractivity contribution in [3.63, 3.8) is 0 Å². The van der Waals surface area contributed by atoms with Gasteiger partial charge in [0.1, 0.15) is 11.6 Å². The minimum atomic E-state index is -1.07. The molecule has 0 radical (unpaired) electrons. The first-order valence-electron chi connectivity index (χ1n) is 9.91. The number of nitrogens with one attached hydrogen (secondary N) is 1. The number of nitrogens with two attached hydrogens (primary N) is 1. The molecule has 3 N–H and O–H groups in total. The molecule has 0 unspecified atom stereocenters. The summed E-state index contributed by atoms with van der Waals surface area (Å²) in [6.45, 7) is 0.297. The molecule has 0 saturated carbocycles. The van der Waals surface area contributed by atoms with Crippen LogP contribution >= 0.6 is 0 Å². The van der Waals surface area contributed by atoms with Gasteiger partial charge in [0.25, 0.3) is 0 Å². The lowest BCUT2D eigenvalue weighted by molar-refractivity contribution is 0.511. The average molecular weight is 447 g/mol. The topological polar surface area (TPSA) is 94.5 Å². The van der Waals surface area contributed by atoms with Crippen LogP contribution in [0, 0.1) is 17.5 Å². The van der Waals surface area contributed by atoms with Crippen LogP contribution in [0.1, 0.15) is 5.69 Å². The van der Waals surface area contributed by atoms with Gasteiger partial charge in [0.05, 0.1) is 29.0 Å². The third-order valence-electron chi connectivity index (χ3n) is 5.00. The van der Waals surface area contributed by atoms with E-state index >= 15 is 0 Å². The van der Waals surface area contributed by atoms with Crippen molar-refractivity contribution in [2.45, 2.75) is 6.54 Å². The molecule has 2 aromatic carbocycles. The molecule has 0 saturated heterocycles. The fraction of sp³-hybridized carbons (Fsp3) is 0.0435. The Morgan fingerprint density at radius 3 is 2.48 bits per heavy atom. The van der Waals surface area contributed by atoms with Crippen molar-refractivity contribution >= 4 is 22.8 Å². The zero-order valence-electron chi connectivity index (χ0n) is 17.0. The average Bonchev–Trinajstić information content (AvgIpc) is 3.16. The Morgan fingerprint density at radius 1 is 0.909 bits per heavy atom. The SMILES string of the molecule is Nc1c2c(-c3cccc(F)c3F)nc(NCc3ccccn3)nc2nn1-c1ccc(F)cc1. The van der Waals surface area contributed by atoms with Gasteiger partial charge in [-0.15, -0.1) is 5.10 Å². The molecule has 3 aromatic heterocycles. The zero-order valence-corrected chi connectivity index (χ0v) is 17.0. The van der Waals surface area contributed by atoms with Gasteiger partial charge in [0.15, 0.2) is 17.3 Å². The molecule has 3 heterocycles. The summed E-state index contributed by atoms with van der Waals surface area (Å²) < 4.78 is 43.5. The highest BCUT2D eigenvalue weighted by Crippen LogP contribution is 2.34. The van der Waals surface area contributed by atoms with Crippen LogP contribution in [0.5, 0.6) is 0 Å². The third-order valence-corrected chi connectivity index (χ3v) is 5.00. The van der Waals surface area contributed by atoms with E-state index in [0.717, 1.165) is 11.8 Å². The lowest BCUT2D eigenvalue weighted by Crippen LogP contribution is -2.06. The molecular formula is C23H16F3N7. The fourth-order valence-electron chi connectivity index (χ4n) is 3.42. The van der Waals surface area contributed by atoms with Gasteiger partial charge in [-0.3, -0.25) is 4.98 Å². The van der Waals surface area contributed by atoms with Crippen LogP contribution in [0.4, 0.5) is 24.9 Å². The van der Waals surface area contributed by atoms with E-state index in [1.165, 1.54) is 41.1 Å². The van der Waals surface area contributed by atoms with Gasteiger partial charge in [0.2, 0.25) is 5.95 Å². The number of nitrogens with zero attached hydrogens (tertiary/aromatic N) is 5. The molecule has 0 atom stereocenters. The molecule has 7 nitrogen and oxygen atoms in total. The number of hydrogen-bond acceptors (Lipinski definition) is 6. The van der Waals surface area contributed by atoms with Gasteiger partial charge in [-0.2, -0.15) is 4.98 Å². The van der Waals surface area contributed by atoms with E-state index in [2.05, 4.69) is 25.4 Å². The van der Waals surface area contributed by atoms with E-state index in [9.17, 15) is 13.2 Å². The van der Waals surface area contributed by atoms with Crippen LogP contribution in [0.15, 0.2) is 66.9 Å². The lowest BCUT2D eigenvalue weighted by Gasteiger charge is -2.09. The number of halogens is 3. The van der Waals surface area contributed by atoms with Crippen LogP contribution < -0.4 is 11.1 Å². The van der Waals surface area contributed by atoms with Gasteiger partial charge >= 0.3 is 0 Å². The summed E-state index contributed by atoms with van der Waals surface area (Å²) in [5.41, 5.74) is 7.68. The summed E-state index contributed by atoms with van der Waals surface area (Å²) in [5.74, 6) is -2.27. The maximum absolute atomic E-state index is 14.7. The van der Waals surface area contributed by atoms with Crippen LogP contribution in [0.25, 0.3) is 28.0 Å². The molecule has 0 aliphatic rings. The van der Waals surface area contributed by atoms with Crippen LogP contribution in [-0.2, 0) is 6.54 Å². The number of nitrogen functional groups attached to an aromatic ring is 1. The molecule has 0 amide bonds. The zero-order chi connectivity index (χ0) is 22.9. The van der Waals surface area contributed by atoms with E-state index in [4.69, 9.17) is 5.73 Å². The molecule has 5 rings (SSSR count). The Hall–Kier alpha value is -4.47. The minimum absolute atomic E-state index is 0.0754. The standard InChI is InChI=1S/C23H16F3N7/c24-13-7-9-15(10-8-13)33-21(27)18-20(16-5-3-6-17(25)19(16)26)30-23(31-22(18)32-33)29-12-14-4-1-2-11-28-14/h1-11H,12,27H2,(H,29,31,32). The number of anilines is 2. The van der Waals surface area contributed by atoms with Crippen molar-refractivity contribution in [1.29, 1.82) is 0 Å². The molecule has 0 aliphatic carbocycles. The van der Waals surface area contributed by atoms with Crippen molar-refractivity contribution in [1.82, 2.24) is 24.7 Å². The summed E-state index contributed by atoms with van der Waals surface area (Å²) in [4.78, 5) is 13.1. The molecular weight excluding hydrogens is 431 g/mol. The van der Waals surface area contributed by atoms with E-state index in [-0.39, 0.29) is 34.1 Å². The molecule has 0 aliphatic heterocycles. The summed E-state index contributed by atoms with van der Waals surface area (Å²) in [5, 5.41) is 7.69. The maximum atomic E-state index is 14.7. The predicted molar refractivity (Wildman–Crippen MR) is 118 cm³/mol. The third kappa shape index (κ3) is 3.82. The van der Waals surface area contributed by atoms with E-state index in [0.29, 0.717) is 12.2 Å². The minimum Gasteiger partial charge on any atom is -0.383 e. The quantitative estimate of drug-likeness (QED) is 0.412. The van der Waals surface area contributed by atoms with Crippen LogP contribution in [-0.4, -0.2) is 24.7 Å². The first kappa shape index (κ1) is 20.4. The summed E-state index contributed by atoms with van der Waals surface area (Å²) >= 11 is 0. The Balaban J connectivity index is 1.68. The number of rotatable bonds is 5. The summed E-state index contributed by atoms with van der Waals surface area (Å²) in [7, 11) is 0. The Morgan fingerprint density at radius 2 is 1.73 bits per heavy atom. The molecule has 164 valence electrons. The molecule has 33 heavy (non-hydrogen) atoms. The Kier molecular flexibility index (Phi) is 5.09. The maximum Gasteiger partial charge on any atom is 0.225 e. The Labute approximate surface area is 185 Å². The molecule has 0 bridgehead atoms. The highest BCUT2D eigenvalue weighted by Gasteiger charge is 2.22. The van der Waals surface area contributed by atoms with Gasteiger partial charge in [-0.1, -0.05) is 12.1 Å². The molecule has 0 spiro atoms. The van der Waals surface area contributed by atoms with Gasteiger partial charge in [-0.25, -0.2) is 22.8 Å². The second-order valence-electron chi connectivity index (χ2n) is 7.14. The number of fused-ring (bicyclic) bond motifs is 1. The molecule has 0 fully saturated rings. The highest BCUT2D eigenvalue weighted by atomic mass is 19.2. The van der Waals surface area contributed by atoms with Crippen LogP contribution in [0.2, 0.25) is 0 Å². The first-order chi connectivity index (χ1) is 16.0. The van der Waals surface area contributed by atoms with Crippen molar-refractivity contribution in [3.05, 3.63) is 90.0 Å². The monoisotopic (exact) mass is 447 g/mol. The van der Waals surface area contributed by atoms with Crippen molar-refractivity contribution in [2.75, 3.05) is 11.1 Å². The Bertz CT molecular complexity index is 1450. The second kappa shape index (κ2) is 8.23. The van der Waals surface area contributed by atoms with Crippen LogP contribution in [0.3, 0.4) is 0 Å². The van der Waals surface area contributed by atoms with Crippen molar-refractivity contribution in [2.24, 2.45) is 0 Å². The number of pyridine rings is 1. The smallest absolute Gasteiger partial charge is 0.225 e. The lowest BCUT2D eigenvalue weighted by atomic mass is 10.1. The molecule has 5 aromatic rings. The number of benzene rings is 2. The number of hydrogen-bond donors (Lipinski definition) is 2.